The number of hydrogen-bond acceptors (Lipinski definition) is 8. The third-order valence-corrected chi connectivity index (χ3v) is 6.03. The first-order valence-corrected chi connectivity index (χ1v) is 10.9. The molecule has 5 rings (SSSR count). The van der Waals surface area contributed by atoms with Gasteiger partial charge in [0.1, 0.15) is 24.2 Å². The zero-order valence-corrected chi connectivity index (χ0v) is 18.2. The summed E-state index contributed by atoms with van der Waals surface area (Å²) in [5.74, 6) is 0.255. The quantitative estimate of drug-likeness (QED) is 0.446. The maximum absolute atomic E-state index is 15.3. The predicted octanol–water partition coefficient (Wildman–Crippen LogP) is 3.43. The lowest BCUT2D eigenvalue weighted by Gasteiger charge is -2.22. The predicted molar refractivity (Wildman–Crippen MR) is 124 cm³/mol. The monoisotopic (exact) mass is 452 g/mol. The maximum Gasteiger partial charge on any atom is 0.413 e. The molecule has 1 amide bonds. The molecule has 1 fully saturated rings. The number of fused-ring (bicyclic) bond motifs is 2. The van der Waals surface area contributed by atoms with Crippen molar-refractivity contribution in [2.75, 3.05) is 42.6 Å². The van der Waals surface area contributed by atoms with Gasteiger partial charge >= 0.3 is 6.09 Å². The van der Waals surface area contributed by atoms with Crippen LogP contribution in [-0.2, 0) is 4.74 Å². The topological polar surface area (TPSA) is 123 Å². The standard InChI is InChI=1S/C23H25FN6O3/c1-12-16(10-29-22-21(12)27-6-7-32-22)15-8-13-9-18(28-11-17(13)20(25)19(15)24)30-23(31)33-14-2-4-26-5-3-14/h8-11,14,26-27H,2-7,25H2,1H3,(H,28,30,31). The summed E-state index contributed by atoms with van der Waals surface area (Å²) in [6.45, 7) is 4.69. The minimum atomic E-state index is -0.565. The number of piperidine rings is 1. The minimum absolute atomic E-state index is 0.0137. The molecule has 3 aromatic rings. The summed E-state index contributed by atoms with van der Waals surface area (Å²) < 4.78 is 26.3. The molecule has 0 atom stereocenters. The number of nitrogens with zero attached hydrogens (tertiary/aromatic N) is 2. The van der Waals surface area contributed by atoms with Crippen LogP contribution in [0.2, 0.25) is 0 Å². The second-order valence-corrected chi connectivity index (χ2v) is 8.17. The Bertz CT molecular complexity index is 1230. The molecule has 1 saturated heterocycles. The van der Waals surface area contributed by atoms with Crippen molar-refractivity contribution in [1.82, 2.24) is 15.3 Å². The van der Waals surface area contributed by atoms with E-state index >= 15 is 4.39 Å². The number of hydrogen-bond donors (Lipinski definition) is 4. The molecule has 9 nitrogen and oxygen atoms in total. The van der Waals surface area contributed by atoms with Crippen LogP contribution in [0.1, 0.15) is 18.4 Å². The highest BCUT2D eigenvalue weighted by molar-refractivity contribution is 5.99. The fraction of sp³-hybridized carbons (Fsp3) is 0.348. The van der Waals surface area contributed by atoms with Gasteiger partial charge in [-0.15, -0.1) is 0 Å². The molecule has 33 heavy (non-hydrogen) atoms. The zero-order chi connectivity index (χ0) is 22.9. The number of pyridine rings is 2. The smallest absolute Gasteiger partial charge is 0.413 e. The van der Waals surface area contributed by atoms with Gasteiger partial charge in [-0.1, -0.05) is 0 Å². The molecule has 0 unspecified atom stereocenters. The van der Waals surface area contributed by atoms with E-state index in [-0.39, 0.29) is 11.8 Å². The van der Waals surface area contributed by atoms with E-state index in [1.807, 2.05) is 6.92 Å². The van der Waals surface area contributed by atoms with Crippen LogP contribution in [0.3, 0.4) is 0 Å². The molecule has 0 spiro atoms. The van der Waals surface area contributed by atoms with Crippen molar-refractivity contribution in [3.8, 4) is 17.0 Å². The van der Waals surface area contributed by atoms with Gasteiger partial charge in [0, 0.05) is 35.5 Å². The van der Waals surface area contributed by atoms with Crippen LogP contribution < -0.4 is 26.4 Å². The average Bonchev–Trinajstić information content (AvgIpc) is 2.82. The van der Waals surface area contributed by atoms with Gasteiger partial charge in [0.25, 0.3) is 0 Å². The van der Waals surface area contributed by atoms with Crippen molar-refractivity contribution >= 4 is 34.1 Å². The molecule has 172 valence electrons. The van der Waals surface area contributed by atoms with E-state index in [0.29, 0.717) is 46.7 Å². The number of nitrogens with two attached hydrogens (primary N) is 1. The highest BCUT2D eigenvalue weighted by Crippen LogP contribution is 2.39. The number of nitrogen functional groups attached to an aromatic ring is 1. The van der Waals surface area contributed by atoms with E-state index in [1.165, 1.54) is 6.20 Å². The van der Waals surface area contributed by atoms with E-state index in [1.54, 1.807) is 18.3 Å². The van der Waals surface area contributed by atoms with Crippen LogP contribution in [0.4, 0.5) is 26.4 Å². The van der Waals surface area contributed by atoms with Crippen LogP contribution in [-0.4, -0.2) is 48.4 Å². The maximum atomic E-state index is 15.3. The van der Waals surface area contributed by atoms with Crippen molar-refractivity contribution in [2.24, 2.45) is 0 Å². The Morgan fingerprint density at radius 1 is 1.21 bits per heavy atom. The van der Waals surface area contributed by atoms with Crippen molar-refractivity contribution in [1.29, 1.82) is 0 Å². The highest BCUT2D eigenvalue weighted by Gasteiger charge is 2.22. The molecule has 10 heteroatoms. The van der Waals surface area contributed by atoms with Crippen LogP contribution >= 0.6 is 0 Å². The Hall–Kier alpha value is -3.66. The summed E-state index contributed by atoms with van der Waals surface area (Å²) in [5.41, 5.74) is 8.59. The van der Waals surface area contributed by atoms with E-state index < -0.39 is 11.9 Å². The number of carbonyl (C=O) groups is 1. The van der Waals surface area contributed by atoms with Crippen molar-refractivity contribution in [3.63, 3.8) is 0 Å². The van der Waals surface area contributed by atoms with E-state index in [0.717, 1.165) is 37.2 Å². The van der Waals surface area contributed by atoms with Crippen LogP contribution in [0, 0.1) is 12.7 Å². The Kier molecular flexibility index (Phi) is 5.59. The lowest BCUT2D eigenvalue weighted by atomic mass is 9.97. The Balaban J connectivity index is 1.47. The number of benzene rings is 1. The molecule has 0 saturated carbocycles. The molecule has 4 heterocycles. The summed E-state index contributed by atoms with van der Waals surface area (Å²) >= 11 is 0. The second-order valence-electron chi connectivity index (χ2n) is 8.17. The van der Waals surface area contributed by atoms with E-state index in [9.17, 15) is 4.79 Å². The second kappa shape index (κ2) is 8.70. The van der Waals surface area contributed by atoms with Gasteiger partial charge in [0.05, 0.1) is 5.69 Å². The lowest BCUT2D eigenvalue weighted by molar-refractivity contribution is 0.0908. The van der Waals surface area contributed by atoms with Crippen molar-refractivity contribution in [3.05, 3.63) is 35.9 Å². The first-order chi connectivity index (χ1) is 16.0. The van der Waals surface area contributed by atoms with E-state index in [4.69, 9.17) is 15.2 Å². The van der Waals surface area contributed by atoms with Crippen LogP contribution in [0.5, 0.6) is 5.88 Å². The Morgan fingerprint density at radius 2 is 2.03 bits per heavy atom. The molecule has 0 radical (unpaired) electrons. The Morgan fingerprint density at radius 3 is 2.85 bits per heavy atom. The summed E-state index contributed by atoms with van der Waals surface area (Å²) in [7, 11) is 0. The first kappa shape index (κ1) is 21.2. The average molecular weight is 452 g/mol. The number of aromatic nitrogens is 2. The van der Waals surface area contributed by atoms with Crippen LogP contribution in [0.15, 0.2) is 24.5 Å². The number of ether oxygens (including phenoxy) is 2. The summed E-state index contributed by atoms with van der Waals surface area (Å²) in [4.78, 5) is 20.8. The number of carbonyl (C=O) groups excluding carboxylic acids is 1. The molecule has 0 aliphatic carbocycles. The molecular weight excluding hydrogens is 427 g/mol. The summed E-state index contributed by atoms with van der Waals surface area (Å²) in [5, 5.41) is 10.2. The van der Waals surface area contributed by atoms with Gasteiger partial charge in [-0.3, -0.25) is 5.32 Å². The number of anilines is 3. The number of halogens is 1. The minimum Gasteiger partial charge on any atom is -0.474 e. The number of rotatable bonds is 3. The zero-order valence-electron chi connectivity index (χ0n) is 18.2. The molecule has 5 N–H and O–H groups in total. The lowest BCUT2D eigenvalue weighted by Crippen LogP contribution is -2.34. The normalized spacial score (nSPS) is 15.9. The third kappa shape index (κ3) is 4.09. The molecule has 0 bridgehead atoms. The molecule has 2 aliphatic rings. The number of amides is 1. The summed E-state index contributed by atoms with van der Waals surface area (Å²) in [6.07, 6.45) is 3.88. The van der Waals surface area contributed by atoms with Gasteiger partial charge in [-0.25, -0.2) is 19.2 Å². The highest BCUT2D eigenvalue weighted by atomic mass is 19.1. The van der Waals surface area contributed by atoms with E-state index in [2.05, 4.69) is 25.9 Å². The fourth-order valence-electron chi connectivity index (χ4n) is 4.25. The van der Waals surface area contributed by atoms with Crippen LogP contribution in [0.25, 0.3) is 21.9 Å². The first-order valence-electron chi connectivity index (χ1n) is 10.9. The summed E-state index contributed by atoms with van der Waals surface area (Å²) in [6, 6.07) is 3.34. The van der Waals surface area contributed by atoms with Gasteiger partial charge in [0.2, 0.25) is 5.88 Å². The largest absolute Gasteiger partial charge is 0.474 e. The SMILES string of the molecule is Cc1c(-c2cc3cc(NC(=O)OC4CCNCC4)ncc3c(N)c2F)cnc2c1NCCO2. The van der Waals surface area contributed by atoms with Crippen molar-refractivity contribution in [2.45, 2.75) is 25.9 Å². The van der Waals surface area contributed by atoms with Gasteiger partial charge < -0.3 is 25.8 Å². The van der Waals surface area contributed by atoms with Gasteiger partial charge in [-0.2, -0.15) is 0 Å². The third-order valence-electron chi connectivity index (χ3n) is 6.03. The number of nitrogens with one attached hydrogen (secondary N) is 3. The molecule has 2 aromatic heterocycles. The molecular formula is C23H25FN6O3. The molecule has 2 aliphatic heterocycles. The van der Waals surface area contributed by atoms with Gasteiger partial charge in [-0.05, 0) is 55.9 Å². The van der Waals surface area contributed by atoms with Crippen molar-refractivity contribution < 1.29 is 18.7 Å². The van der Waals surface area contributed by atoms with Gasteiger partial charge in [0.15, 0.2) is 5.82 Å². The fourth-order valence-corrected chi connectivity index (χ4v) is 4.25. The molecule has 1 aromatic carbocycles. The Labute approximate surface area is 189 Å².